The molecular formula is C21H22N2O3. The third-order valence-electron chi connectivity index (χ3n) is 4.56. The Morgan fingerprint density at radius 3 is 2.27 bits per heavy atom. The van der Waals surface area contributed by atoms with Gasteiger partial charge in [0.05, 0.1) is 11.1 Å². The minimum Gasteiger partial charge on any atom is -0.324 e. The number of benzene rings is 2. The highest BCUT2D eigenvalue weighted by Crippen LogP contribution is 2.27. The van der Waals surface area contributed by atoms with Gasteiger partial charge in [-0.3, -0.25) is 19.3 Å². The van der Waals surface area contributed by atoms with Crippen LogP contribution in [0.25, 0.3) is 0 Å². The molecule has 0 radical (unpaired) electrons. The number of rotatable bonds is 6. The lowest BCUT2D eigenvalue weighted by atomic mass is 10.1. The average molecular weight is 350 g/mol. The van der Waals surface area contributed by atoms with Crippen LogP contribution >= 0.6 is 0 Å². The number of imide groups is 1. The van der Waals surface area contributed by atoms with Crippen molar-refractivity contribution in [3.8, 4) is 0 Å². The Labute approximate surface area is 153 Å². The molecule has 3 rings (SSSR count). The first-order valence-electron chi connectivity index (χ1n) is 8.87. The molecule has 1 atom stereocenters. The third-order valence-corrected chi connectivity index (χ3v) is 4.56. The Balaban J connectivity index is 1.88. The number of hydrogen-bond donors (Lipinski definition) is 1. The second kappa shape index (κ2) is 7.52. The van der Waals surface area contributed by atoms with Crippen molar-refractivity contribution in [1.29, 1.82) is 0 Å². The van der Waals surface area contributed by atoms with Gasteiger partial charge in [0, 0.05) is 5.69 Å². The Morgan fingerprint density at radius 2 is 1.69 bits per heavy atom. The zero-order valence-corrected chi connectivity index (χ0v) is 15.0. The minimum absolute atomic E-state index is 0.335. The number of nitrogens with one attached hydrogen (secondary N) is 1. The molecule has 0 saturated carbocycles. The SMILES string of the molecule is CCCC[C@H](C(=O)Nc1cccc(C)c1)N1C(=O)c2ccccc2C1=O. The molecule has 0 bridgehead atoms. The molecule has 1 N–H and O–H groups in total. The Hall–Kier alpha value is -2.95. The highest BCUT2D eigenvalue weighted by atomic mass is 16.2. The molecule has 5 nitrogen and oxygen atoms in total. The largest absolute Gasteiger partial charge is 0.324 e. The van der Waals surface area contributed by atoms with E-state index in [9.17, 15) is 14.4 Å². The second-order valence-electron chi connectivity index (χ2n) is 6.54. The molecule has 1 aliphatic heterocycles. The number of amides is 3. The molecular weight excluding hydrogens is 328 g/mol. The van der Waals surface area contributed by atoms with E-state index in [-0.39, 0.29) is 5.91 Å². The lowest BCUT2D eigenvalue weighted by Gasteiger charge is -2.25. The summed E-state index contributed by atoms with van der Waals surface area (Å²) in [7, 11) is 0. The van der Waals surface area contributed by atoms with Crippen LogP contribution in [0, 0.1) is 6.92 Å². The van der Waals surface area contributed by atoms with Crippen LogP contribution in [-0.2, 0) is 4.79 Å². The van der Waals surface area contributed by atoms with E-state index < -0.39 is 17.9 Å². The van der Waals surface area contributed by atoms with Crippen molar-refractivity contribution in [3.05, 3.63) is 65.2 Å². The van der Waals surface area contributed by atoms with Gasteiger partial charge in [-0.05, 0) is 43.2 Å². The van der Waals surface area contributed by atoms with Gasteiger partial charge in [0.2, 0.25) is 5.91 Å². The summed E-state index contributed by atoms with van der Waals surface area (Å²) in [5.41, 5.74) is 2.41. The predicted molar refractivity (Wildman–Crippen MR) is 100 cm³/mol. The summed E-state index contributed by atoms with van der Waals surface area (Å²) >= 11 is 0. The summed E-state index contributed by atoms with van der Waals surface area (Å²) in [6.45, 7) is 3.95. The molecule has 0 spiro atoms. The molecule has 1 aliphatic rings. The zero-order valence-electron chi connectivity index (χ0n) is 15.0. The van der Waals surface area contributed by atoms with Gasteiger partial charge in [-0.1, -0.05) is 44.0 Å². The minimum atomic E-state index is -0.817. The molecule has 26 heavy (non-hydrogen) atoms. The van der Waals surface area contributed by atoms with Gasteiger partial charge < -0.3 is 5.32 Å². The smallest absolute Gasteiger partial charge is 0.262 e. The van der Waals surface area contributed by atoms with E-state index in [1.165, 1.54) is 0 Å². The first-order chi connectivity index (χ1) is 12.5. The fourth-order valence-corrected chi connectivity index (χ4v) is 3.21. The number of anilines is 1. The van der Waals surface area contributed by atoms with Gasteiger partial charge in [-0.2, -0.15) is 0 Å². The van der Waals surface area contributed by atoms with Crippen molar-refractivity contribution in [2.45, 2.75) is 39.2 Å². The maximum absolute atomic E-state index is 12.9. The summed E-state index contributed by atoms with van der Waals surface area (Å²) in [5, 5.41) is 2.85. The molecule has 0 saturated heterocycles. The lowest BCUT2D eigenvalue weighted by Crippen LogP contribution is -2.47. The first-order valence-corrected chi connectivity index (χ1v) is 8.87. The van der Waals surface area contributed by atoms with E-state index in [0.29, 0.717) is 23.2 Å². The fourth-order valence-electron chi connectivity index (χ4n) is 3.21. The number of unbranched alkanes of at least 4 members (excludes halogenated alkanes) is 1. The van der Waals surface area contributed by atoms with Gasteiger partial charge in [0.15, 0.2) is 0 Å². The molecule has 2 aromatic rings. The predicted octanol–water partition coefficient (Wildman–Crippen LogP) is 3.79. The number of nitrogens with zero attached hydrogens (tertiary/aromatic N) is 1. The normalized spacial score (nSPS) is 14.3. The van der Waals surface area contributed by atoms with Crippen molar-refractivity contribution < 1.29 is 14.4 Å². The number of fused-ring (bicyclic) bond motifs is 1. The van der Waals surface area contributed by atoms with Crippen molar-refractivity contribution in [2.75, 3.05) is 5.32 Å². The van der Waals surface area contributed by atoms with E-state index in [0.717, 1.165) is 23.3 Å². The molecule has 5 heteroatoms. The summed E-state index contributed by atoms with van der Waals surface area (Å²) in [6.07, 6.45) is 2.07. The number of carbonyl (C=O) groups excluding carboxylic acids is 3. The Kier molecular flexibility index (Phi) is 5.16. The second-order valence-corrected chi connectivity index (χ2v) is 6.54. The zero-order chi connectivity index (χ0) is 18.7. The van der Waals surface area contributed by atoms with Crippen molar-refractivity contribution in [1.82, 2.24) is 4.90 Å². The summed E-state index contributed by atoms with van der Waals surface area (Å²) in [4.78, 5) is 39.5. The maximum Gasteiger partial charge on any atom is 0.262 e. The van der Waals surface area contributed by atoms with Crippen LogP contribution in [0.2, 0.25) is 0 Å². The van der Waals surface area contributed by atoms with Crippen molar-refractivity contribution >= 4 is 23.4 Å². The van der Waals surface area contributed by atoms with E-state index in [4.69, 9.17) is 0 Å². The van der Waals surface area contributed by atoms with Crippen LogP contribution in [-0.4, -0.2) is 28.7 Å². The highest BCUT2D eigenvalue weighted by Gasteiger charge is 2.42. The Bertz CT molecular complexity index is 825. The highest BCUT2D eigenvalue weighted by molar-refractivity contribution is 6.23. The monoisotopic (exact) mass is 350 g/mol. The van der Waals surface area contributed by atoms with Crippen molar-refractivity contribution in [2.24, 2.45) is 0 Å². The third kappa shape index (κ3) is 3.38. The molecule has 0 fully saturated rings. The molecule has 0 unspecified atom stereocenters. The van der Waals surface area contributed by atoms with Gasteiger partial charge >= 0.3 is 0 Å². The van der Waals surface area contributed by atoms with Crippen LogP contribution in [0.4, 0.5) is 5.69 Å². The topological polar surface area (TPSA) is 66.5 Å². The lowest BCUT2D eigenvalue weighted by molar-refractivity contribution is -0.120. The van der Waals surface area contributed by atoms with Gasteiger partial charge in [-0.25, -0.2) is 0 Å². The van der Waals surface area contributed by atoms with Gasteiger partial charge in [0.1, 0.15) is 6.04 Å². The number of aryl methyl sites for hydroxylation is 1. The van der Waals surface area contributed by atoms with E-state index in [2.05, 4.69) is 5.32 Å². The number of carbonyl (C=O) groups is 3. The summed E-state index contributed by atoms with van der Waals surface area (Å²) in [6, 6.07) is 13.3. The van der Waals surface area contributed by atoms with Gasteiger partial charge in [0.25, 0.3) is 11.8 Å². The van der Waals surface area contributed by atoms with E-state index in [1.807, 2.05) is 32.0 Å². The Morgan fingerprint density at radius 1 is 1.04 bits per heavy atom. The standard InChI is InChI=1S/C21H22N2O3/c1-3-4-12-18(19(24)22-15-9-7-8-14(2)13-15)23-20(25)16-10-5-6-11-17(16)21(23)26/h5-11,13,18H,3-4,12H2,1-2H3,(H,22,24)/t18-/m1/s1. The molecule has 1 heterocycles. The van der Waals surface area contributed by atoms with Crippen LogP contribution < -0.4 is 5.32 Å². The van der Waals surface area contributed by atoms with Crippen LogP contribution in [0.1, 0.15) is 52.5 Å². The van der Waals surface area contributed by atoms with Crippen LogP contribution in [0.5, 0.6) is 0 Å². The van der Waals surface area contributed by atoms with Crippen LogP contribution in [0.3, 0.4) is 0 Å². The molecule has 134 valence electrons. The molecule has 2 aromatic carbocycles. The first kappa shape index (κ1) is 17.9. The maximum atomic E-state index is 12.9. The van der Waals surface area contributed by atoms with Gasteiger partial charge in [-0.15, -0.1) is 0 Å². The van der Waals surface area contributed by atoms with E-state index >= 15 is 0 Å². The van der Waals surface area contributed by atoms with E-state index in [1.54, 1.807) is 30.3 Å². The molecule has 0 aromatic heterocycles. The summed E-state index contributed by atoms with van der Waals surface area (Å²) in [5.74, 6) is -1.13. The van der Waals surface area contributed by atoms with Crippen molar-refractivity contribution in [3.63, 3.8) is 0 Å². The molecule has 3 amide bonds. The summed E-state index contributed by atoms with van der Waals surface area (Å²) < 4.78 is 0. The average Bonchev–Trinajstić information content (AvgIpc) is 2.87. The number of hydrogen-bond acceptors (Lipinski definition) is 3. The fraction of sp³-hybridized carbons (Fsp3) is 0.286. The quantitative estimate of drug-likeness (QED) is 0.806. The molecule has 0 aliphatic carbocycles. The van der Waals surface area contributed by atoms with Crippen LogP contribution in [0.15, 0.2) is 48.5 Å².